The molecule has 106 valence electrons. The molecular formula is C15H17NO3S. The Bertz CT molecular complexity index is 651. The van der Waals surface area contributed by atoms with E-state index in [1.807, 2.05) is 30.3 Å². The van der Waals surface area contributed by atoms with E-state index in [2.05, 4.69) is 5.32 Å². The van der Waals surface area contributed by atoms with E-state index in [-0.39, 0.29) is 17.5 Å². The van der Waals surface area contributed by atoms with Gasteiger partial charge in [0.25, 0.3) is 0 Å². The highest BCUT2D eigenvalue weighted by Crippen LogP contribution is 2.20. The highest BCUT2D eigenvalue weighted by Gasteiger charge is 2.11. The quantitative estimate of drug-likeness (QED) is 0.886. The summed E-state index contributed by atoms with van der Waals surface area (Å²) in [4.78, 5) is 0.281. The topological polar surface area (TPSA) is 66.4 Å². The van der Waals surface area contributed by atoms with Crippen molar-refractivity contribution in [1.29, 1.82) is 0 Å². The van der Waals surface area contributed by atoms with Crippen LogP contribution in [0.1, 0.15) is 11.6 Å². The van der Waals surface area contributed by atoms with Crippen LogP contribution in [-0.4, -0.2) is 26.4 Å². The van der Waals surface area contributed by atoms with E-state index in [0.29, 0.717) is 0 Å². The summed E-state index contributed by atoms with van der Waals surface area (Å²) in [5.74, 6) is 0. The molecule has 4 nitrogen and oxygen atoms in total. The average molecular weight is 291 g/mol. The third-order valence-corrected chi connectivity index (χ3v) is 4.14. The molecule has 1 unspecified atom stereocenters. The van der Waals surface area contributed by atoms with Crippen molar-refractivity contribution in [2.75, 3.05) is 18.2 Å². The van der Waals surface area contributed by atoms with E-state index < -0.39 is 9.84 Å². The Balaban J connectivity index is 2.17. The molecule has 0 heterocycles. The maximum absolute atomic E-state index is 11.4. The molecular weight excluding hydrogens is 274 g/mol. The lowest BCUT2D eigenvalue weighted by molar-refractivity contribution is 0.276. The first-order chi connectivity index (χ1) is 9.50. The average Bonchev–Trinajstić information content (AvgIpc) is 2.45. The van der Waals surface area contributed by atoms with Crippen LogP contribution in [0.4, 0.5) is 5.69 Å². The number of anilines is 1. The van der Waals surface area contributed by atoms with E-state index >= 15 is 0 Å². The molecule has 0 saturated carbocycles. The first kappa shape index (κ1) is 14.6. The van der Waals surface area contributed by atoms with Gasteiger partial charge >= 0.3 is 0 Å². The minimum atomic E-state index is -3.18. The highest BCUT2D eigenvalue weighted by molar-refractivity contribution is 7.90. The SMILES string of the molecule is CS(=O)(=O)c1ccc(NC(CO)c2ccccc2)cc1. The summed E-state index contributed by atoms with van der Waals surface area (Å²) in [6.07, 6.45) is 1.18. The number of hydrogen-bond donors (Lipinski definition) is 2. The van der Waals surface area contributed by atoms with Crippen LogP contribution in [0.25, 0.3) is 0 Å². The Morgan fingerprint density at radius 3 is 2.15 bits per heavy atom. The fourth-order valence-corrected chi connectivity index (χ4v) is 2.55. The van der Waals surface area contributed by atoms with Crippen LogP contribution in [0.15, 0.2) is 59.5 Å². The first-order valence-corrected chi connectivity index (χ1v) is 8.12. The van der Waals surface area contributed by atoms with Gasteiger partial charge in [0.1, 0.15) is 0 Å². The second-order valence-corrected chi connectivity index (χ2v) is 6.60. The second-order valence-electron chi connectivity index (χ2n) is 4.59. The Morgan fingerprint density at radius 2 is 1.65 bits per heavy atom. The maximum atomic E-state index is 11.4. The molecule has 2 N–H and O–H groups in total. The summed E-state index contributed by atoms with van der Waals surface area (Å²) in [7, 11) is -3.18. The number of rotatable bonds is 5. The molecule has 0 radical (unpaired) electrons. The predicted octanol–water partition coefficient (Wildman–Crippen LogP) is 2.24. The highest BCUT2D eigenvalue weighted by atomic mass is 32.2. The lowest BCUT2D eigenvalue weighted by Crippen LogP contribution is -2.14. The van der Waals surface area contributed by atoms with Gasteiger partial charge in [-0.1, -0.05) is 30.3 Å². The van der Waals surface area contributed by atoms with Crippen LogP contribution in [0.3, 0.4) is 0 Å². The van der Waals surface area contributed by atoms with Crippen molar-refractivity contribution >= 4 is 15.5 Å². The van der Waals surface area contributed by atoms with Crippen LogP contribution in [0, 0.1) is 0 Å². The fraction of sp³-hybridized carbons (Fsp3) is 0.200. The zero-order chi connectivity index (χ0) is 14.6. The molecule has 2 aromatic carbocycles. The van der Waals surface area contributed by atoms with Crippen LogP contribution in [0.2, 0.25) is 0 Å². The van der Waals surface area contributed by atoms with Gasteiger partial charge in [-0.05, 0) is 29.8 Å². The van der Waals surface area contributed by atoms with Gasteiger partial charge in [-0.3, -0.25) is 0 Å². The van der Waals surface area contributed by atoms with Crippen LogP contribution in [-0.2, 0) is 9.84 Å². The lowest BCUT2D eigenvalue weighted by atomic mass is 10.1. The summed E-state index contributed by atoms with van der Waals surface area (Å²) in [5.41, 5.74) is 1.74. The molecule has 0 amide bonds. The standard InChI is InChI=1S/C15H17NO3S/c1-20(18,19)14-9-7-13(8-10-14)16-15(11-17)12-5-3-2-4-6-12/h2-10,15-17H,11H2,1H3. The van der Waals surface area contributed by atoms with Crippen molar-refractivity contribution in [3.63, 3.8) is 0 Å². The van der Waals surface area contributed by atoms with Gasteiger partial charge < -0.3 is 10.4 Å². The lowest BCUT2D eigenvalue weighted by Gasteiger charge is -2.18. The molecule has 2 aromatic rings. The van der Waals surface area contributed by atoms with Gasteiger partial charge in [-0.25, -0.2) is 8.42 Å². The summed E-state index contributed by atoms with van der Waals surface area (Å²) >= 11 is 0. The summed E-state index contributed by atoms with van der Waals surface area (Å²) in [5, 5.41) is 12.6. The monoisotopic (exact) mass is 291 g/mol. The number of sulfone groups is 1. The Morgan fingerprint density at radius 1 is 1.05 bits per heavy atom. The molecule has 20 heavy (non-hydrogen) atoms. The minimum absolute atomic E-state index is 0.0438. The van der Waals surface area contributed by atoms with Gasteiger partial charge in [0, 0.05) is 11.9 Å². The van der Waals surface area contributed by atoms with Gasteiger partial charge in [-0.2, -0.15) is 0 Å². The molecule has 0 aliphatic heterocycles. The first-order valence-electron chi connectivity index (χ1n) is 6.23. The number of aliphatic hydroxyl groups excluding tert-OH is 1. The van der Waals surface area contributed by atoms with Crippen LogP contribution >= 0.6 is 0 Å². The zero-order valence-corrected chi connectivity index (χ0v) is 12.0. The second kappa shape index (κ2) is 6.07. The fourth-order valence-electron chi connectivity index (χ4n) is 1.92. The van der Waals surface area contributed by atoms with Gasteiger partial charge in [0.05, 0.1) is 17.5 Å². The molecule has 1 atom stereocenters. The summed E-state index contributed by atoms with van der Waals surface area (Å²) < 4.78 is 22.8. The minimum Gasteiger partial charge on any atom is -0.394 e. The van der Waals surface area contributed by atoms with Crippen LogP contribution < -0.4 is 5.32 Å². The Kier molecular flexibility index (Phi) is 4.42. The van der Waals surface area contributed by atoms with Gasteiger partial charge in [0.15, 0.2) is 9.84 Å². The molecule has 0 aromatic heterocycles. The van der Waals surface area contributed by atoms with E-state index in [1.165, 1.54) is 6.26 Å². The predicted molar refractivity (Wildman–Crippen MR) is 79.4 cm³/mol. The molecule has 2 rings (SSSR count). The molecule has 0 bridgehead atoms. The Hall–Kier alpha value is -1.85. The van der Waals surface area contributed by atoms with Crippen molar-refractivity contribution in [2.45, 2.75) is 10.9 Å². The zero-order valence-electron chi connectivity index (χ0n) is 11.2. The normalized spacial score (nSPS) is 12.9. The van der Waals surface area contributed by atoms with Crippen molar-refractivity contribution in [3.05, 3.63) is 60.2 Å². The Labute approximate surface area is 119 Å². The molecule has 0 aliphatic carbocycles. The van der Waals surface area contributed by atoms with E-state index in [4.69, 9.17) is 0 Å². The van der Waals surface area contributed by atoms with Crippen LogP contribution in [0.5, 0.6) is 0 Å². The smallest absolute Gasteiger partial charge is 0.175 e. The van der Waals surface area contributed by atoms with Gasteiger partial charge in [-0.15, -0.1) is 0 Å². The van der Waals surface area contributed by atoms with E-state index in [1.54, 1.807) is 24.3 Å². The van der Waals surface area contributed by atoms with E-state index in [0.717, 1.165) is 11.3 Å². The van der Waals surface area contributed by atoms with Crippen molar-refractivity contribution < 1.29 is 13.5 Å². The van der Waals surface area contributed by atoms with Gasteiger partial charge in [0.2, 0.25) is 0 Å². The van der Waals surface area contributed by atoms with Crippen molar-refractivity contribution in [2.24, 2.45) is 0 Å². The largest absolute Gasteiger partial charge is 0.394 e. The number of benzene rings is 2. The molecule has 0 saturated heterocycles. The molecule has 0 aliphatic rings. The molecule has 0 spiro atoms. The number of nitrogens with one attached hydrogen (secondary N) is 1. The maximum Gasteiger partial charge on any atom is 0.175 e. The summed E-state index contributed by atoms with van der Waals surface area (Å²) in [6, 6.07) is 15.9. The van der Waals surface area contributed by atoms with Crippen molar-refractivity contribution in [1.82, 2.24) is 0 Å². The third-order valence-electron chi connectivity index (χ3n) is 3.01. The summed E-state index contributed by atoms with van der Waals surface area (Å²) in [6.45, 7) is -0.0438. The van der Waals surface area contributed by atoms with E-state index in [9.17, 15) is 13.5 Å². The molecule has 5 heteroatoms. The number of aliphatic hydroxyl groups is 1. The van der Waals surface area contributed by atoms with Crippen molar-refractivity contribution in [3.8, 4) is 0 Å². The number of hydrogen-bond acceptors (Lipinski definition) is 4. The molecule has 0 fully saturated rings. The third kappa shape index (κ3) is 3.59.